The van der Waals surface area contributed by atoms with Crippen molar-refractivity contribution in [3.8, 4) is 6.07 Å². The summed E-state index contributed by atoms with van der Waals surface area (Å²) in [5.41, 5.74) is -1.11. The van der Waals surface area contributed by atoms with Crippen molar-refractivity contribution in [3.05, 3.63) is 28.6 Å². The van der Waals surface area contributed by atoms with Gasteiger partial charge in [-0.25, -0.2) is 13.8 Å². The van der Waals surface area contributed by atoms with Crippen LogP contribution >= 0.6 is 11.6 Å². The normalized spacial score (nSPS) is 10.1. The summed E-state index contributed by atoms with van der Waals surface area (Å²) in [4.78, 5) is 14.1. The maximum absolute atomic E-state index is 12.5. The van der Waals surface area contributed by atoms with Crippen LogP contribution in [0.1, 0.15) is 33.7 Å². The van der Waals surface area contributed by atoms with E-state index in [-0.39, 0.29) is 23.4 Å². The summed E-state index contributed by atoms with van der Waals surface area (Å²) < 4.78 is 25.0. The summed E-state index contributed by atoms with van der Waals surface area (Å²) in [7, 11) is 0. The predicted molar refractivity (Wildman–Crippen MR) is 48.9 cm³/mol. The van der Waals surface area contributed by atoms with Crippen molar-refractivity contribution in [2.45, 2.75) is 12.3 Å². The van der Waals surface area contributed by atoms with Crippen LogP contribution in [0.4, 0.5) is 8.78 Å². The number of alkyl halides is 3. The Morgan fingerprint density at radius 1 is 1.67 bits per heavy atom. The molecular formula is C9H5ClF2N2O. The fourth-order valence-corrected chi connectivity index (χ4v) is 1.25. The topological polar surface area (TPSA) is 53.8 Å². The molecule has 6 heteroatoms. The lowest BCUT2D eigenvalue weighted by Crippen LogP contribution is -2.03. The first kappa shape index (κ1) is 11.5. The van der Waals surface area contributed by atoms with E-state index in [1.54, 1.807) is 6.07 Å². The average molecular weight is 231 g/mol. The van der Waals surface area contributed by atoms with E-state index in [0.717, 1.165) is 6.07 Å². The summed E-state index contributed by atoms with van der Waals surface area (Å²) in [5.74, 6) is -0.0426. The van der Waals surface area contributed by atoms with Gasteiger partial charge in [0.15, 0.2) is 6.29 Å². The fourth-order valence-electron chi connectivity index (χ4n) is 1.11. The zero-order valence-corrected chi connectivity index (χ0v) is 8.13. The highest BCUT2D eigenvalue weighted by atomic mass is 35.5. The Labute approximate surface area is 89.3 Å². The predicted octanol–water partition coefficient (Wildman–Crippen LogP) is 2.44. The number of hydrogen-bond acceptors (Lipinski definition) is 3. The molecule has 0 bridgehead atoms. The molecule has 0 aliphatic rings. The summed E-state index contributed by atoms with van der Waals surface area (Å²) in [6.07, 6.45) is -2.71. The number of carbonyl (C=O) groups excluding carboxylic acids is 1. The zero-order valence-electron chi connectivity index (χ0n) is 7.38. The van der Waals surface area contributed by atoms with Crippen LogP contribution in [0.25, 0.3) is 0 Å². The largest absolute Gasteiger partial charge is 0.296 e. The van der Waals surface area contributed by atoms with Gasteiger partial charge in [0.1, 0.15) is 5.69 Å². The third-order valence-electron chi connectivity index (χ3n) is 1.73. The Hall–Kier alpha value is -1.54. The van der Waals surface area contributed by atoms with Gasteiger partial charge in [0.25, 0.3) is 6.43 Å². The van der Waals surface area contributed by atoms with Gasteiger partial charge < -0.3 is 0 Å². The van der Waals surface area contributed by atoms with Crippen LogP contribution in [0.15, 0.2) is 6.07 Å². The molecule has 1 heterocycles. The lowest BCUT2D eigenvalue weighted by Gasteiger charge is -2.06. The van der Waals surface area contributed by atoms with Gasteiger partial charge in [-0.1, -0.05) is 0 Å². The molecular weight excluding hydrogens is 226 g/mol. The highest BCUT2D eigenvalue weighted by molar-refractivity contribution is 6.16. The van der Waals surface area contributed by atoms with Crippen LogP contribution in [0.3, 0.4) is 0 Å². The molecule has 0 fully saturated rings. The van der Waals surface area contributed by atoms with Crippen molar-refractivity contribution in [1.82, 2.24) is 4.98 Å². The number of halogens is 3. The van der Waals surface area contributed by atoms with E-state index in [0.29, 0.717) is 0 Å². The third kappa shape index (κ3) is 2.28. The van der Waals surface area contributed by atoms with Gasteiger partial charge in [-0.15, -0.1) is 11.6 Å². The molecule has 78 valence electrons. The number of pyridine rings is 1. The molecule has 0 aromatic carbocycles. The molecule has 0 unspecified atom stereocenters. The molecule has 0 aliphatic carbocycles. The second kappa shape index (κ2) is 4.80. The molecule has 0 spiro atoms. The monoisotopic (exact) mass is 230 g/mol. The first-order valence-electron chi connectivity index (χ1n) is 3.87. The molecule has 0 saturated carbocycles. The number of carbonyl (C=O) groups is 1. The van der Waals surface area contributed by atoms with E-state index in [4.69, 9.17) is 16.9 Å². The summed E-state index contributed by atoms with van der Waals surface area (Å²) in [6.45, 7) is 0. The van der Waals surface area contributed by atoms with E-state index in [2.05, 4.69) is 4.98 Å². The van der Waals surface area contributed by atoms with Crippen molar-refractivity contribution in [1.29, 1.82) is 5.26 Å². The van der Waals surface area contributed by atoms with Crippen molar-refractivity contribution in [2.24, 2.45) is 0 Å². The average Bonchev–Trinajstić information content (AvgIpc) is 2.26. The standard InChI is InChI=1S/C9H5ClF2N2O/c10-2-6-1-5(3-13)8(9(11)12)7(4-15)14-6/h1,4,9H,2H2. The zero-order chi connectivity index (χ0) is 11.4. The first-order valence-corrected chi connectivity index (χ1v) is 4.40. The highest BCUT2D eigenvalue weighted by Gasteiger charge is 2.20. The lowest BCUT2D eigenvalue weighted by atomic mass is 10.1. The Bertz CT molecular complexity index is 429. The lowest BCUT2D eigenvalue weighted by molar-refractivity contribution is 0.110. The van der Waals surface area contributed by atoms with Gasteiger partial charge in [0, 0.05) is 0 Å². The number of nitriles is 1. The fraction of sp³-hybridized carbons (Fsp3) is 0.222. The van der Waals surface area contributed by atoms with Crippen molar-refractivity contribution in [2.75, 3.05) is 0 Å². The molecule has 1 rings (SSSR count). The Kier molecular flexibility index (Phi) is 3.69. The summed E-state index contributed by atoms with van der Waals surface area (Å²) >= 11 is 5.44. The smallest absolute Gasteiger partial charge is 0.267 e. The third-order valence-corrected chi connectivity index (χ3v) is 2.00. The number of aldehydes is 1. The van der Waals surface area contributed by atoms with Gasteiger partial charge in [-0.2, -0.15) is 5.26 Å². The van der Waals surface area contributed by atoms with Crippen LogP contribution in [0.2, 0.25) is 0 Å². The SMILES string of the molecule is N#Cc1cc(CCl)nc(C=O)c1C(F)F. The minimum atomic E-state index is -2.91. The number of nitrogens with zero attached hydrogens (tertiary/aromatic N) is 2. The van der Waals surface area contributed by atoms with Gasteiger partial charge in [-0.3, -0.25) is 4.79 Å². The second-order valence-corrected chi connectivity index (χ2v) is 2.89. The van der Waals surface area contributed by atoms with E-state index in [1.807, 2.05) is 0 Å². The number of hydrogen-bond donors (Lipinski definition) is 0. The van der Waals surface area contributed by atoms with Gasteiger partial charge in [-0.05, 0) is 6.07 Å². The molecule has 3 nitrogen and oxygen atoms in total. The summed E-state index contributed by atoms with van der Waals surface area (Å²) in [5, 5.41) is 8.64. The molecule has 0 radical (unpaired) electrons. The molecule has 1 aromatic heterocycles. The van der Waals surface area contributed by atoms with E-state index < -0.39 is 17.7 Å². The number of aromatic nitrogens is 1. The minimum absolute atomic E-state index is 0.0426. The Balaban J connectivity index is 3.48. The van der Waals surface area contributed by atoms with Gasteiger partial charge in [0.2, 0.25) is 0 Å². The van der Waals surface area contributed by atoms with Crippen molar-refractivity contribution >= 4 is 17.9 Å². The van der Waals surface area contributed by atoms with Crippen LogP contribution in [-0.2, 0) is 5.88 Å². The molecule has 1 aromatic rings. The Morgan fingerprint density at radius 2 is 2.33 bits per heavy atom. The maximum Gasteiger partial charge on any atom is 0.267 e. The Morgan fingerprint density at radius 3 is 2.73 bits per heavy atom. The molecule has 15 heavy (non-hydrogen) atoms. The quantitative estimate of drug-likeness (QED) is 0.592. The van der Waals surface area contributed by atoms with Crippen molar-refractivity contribution in [3.63, 3.8) is 0 Å². The highest BCUT2D eigenvalue weighted by Crippen LogP contribution is 2.25. The number of rotatable bonds is 3. The van der Waals surface area contributed by atoms with Crippen molar-refractivity contribution < 1.29 is 13.6 Å². The molecule has 0 aliphatic heterocycles. The van der Waals surface area contributed by atoms with Gasteiger partial charge in [0.05, 0.1) is 28.8 Å². The molecule has 0 atom stereocenters. The van der Waals surface area contributed by atoms with Crippen LogP contribution in [0, 0.1) is 11.3 Å². The van der Waals surface area contributed by atoms with Crippen LogP contribution in [0.5, 0.6) is 0 Å². The summed E-state index contributed by atoms with van der Waals surface area (Å²) in [6, 6.07) is 2.74. The van der Waals surface area contributed by atoms with Crippen LogP contribution in [-0.4, -0.2) is 11.3 Å². The van der Waals surface area contributed by atoms with E-state index in [1.165, 1.54) is 0 Å². The molecule has 0 amide bonds. The first-order chi connectivity index (χ1) is 7.13. The second-order valence-electron chi connectivity index (χ2n) is 2.62. The molecule has 0 saturated heterocycles. The maximum atomic E-state index is 12.5. The van der Waals surface area contributed by atoms with Crippen LogP contribution < -0.4 is 0 Å². The van der Waals surface area contributed by atoms with E-state index >= 15 is 0 Å². The minimum Gasteiger partial charge on any atom is -0.296 e. The van der Waals surface area contributed by atoms with Gasteiger partial charge >= 0.3 is 0 Å². The molecule has 0 N–H and O–H groups in total. The van der Waals surface area contributed by atoms with E-state index in [9.17, 15) is 13.6 Å².